The molecule has 1 aliphatic heterocycles. The first-order valence-corrected chi connectivity index (χ1v) is 6.72. The molecule has 1 fully saturated rings. The smallest absolute Gasteiger partial charge is 0.324 e. The molecule has 5 nitrogen and oxygen atoms in total. The summed E-state index contributed by atoms with van der Waals surface area (Å²) in [5.41, 5.74) is 0. The van der Waals surface area contributed by atoms with E-state index in [1.807, 2.05) is 0 Å². The second-order valence-electron chi connectivity index (χ2n) is 3.29. The van der Waals surface area contributed by atoms with Crippen LogP contribution in [0.2, 0.25) is 0 Å². The fraction of sp³-hybridized carbons (Fsp3) is 1.00. The Kier molecular flexibility index (Phi) is 5.06. The van der Waals surface area contributed by atoms with E-state index in [2.05, 4.69) is 10.2 Å². The Labute approximate surface area is 85.0 Å². The van der Waals surface area contributed by atoms with Crippen LogP contribution in [-0.4, -0.2) is 55.3 Å². The molecule has 0 aromatic carbocycles. The Morgan fingerprint density at radius 1 is 1.50 bits per heavy atom. The van der Waals surface area contributed by atoms with Crippen LogP contribution < -0.4 is 5.32 Å². The second-order valence-corrected chi connectivity index (χ2v) is 5.27. The van der Waals surface area contributed by atoms with Crippen molar-refractivity contribution in [2.75, 3.05) is 45.5 Å². The molecule has 0 aliphatic carbocycles. The number of hydrogen-bond acceptors (Lipinski definition) is 3. The standard InChI is InChI=1S/C8H18N2O3P/c1-2-13-14(11,12)8-7-10-5-3-9-4-6-10/h2-8H2,1H3,(H,11,12). The van der Waals surface area contributed by atoms with Gasteiger partial charge in [-0.15, -0.1) is 0 Å². The zero-order valence-electron chi connectivity index (χ0n) is 8.56. The molecular formula is C8H18N2O3P. The molecule has 83 valence electrons. The molecule has 1 saturated heterocycles. The van der Waals surface area contributed by atoms with Gasteiger partial charge in [-0.1, -0.05) is 0 Å². The summed E-state index contributed by atoms with van der Waals surface area (Å²) in [5.74, 6) is 0. The molecule has 1 N–H and O–H groups in total. The van der Waals surface area contributed by atoms with Crippen LogP contribution in [-0.2, 0) is 9.09 Å². The van der Waals surface area contributed by atoms with E-state index in [0.717, 1.165) is 26.2 Å². The number of rotatable bonds is 5. The van der Waals surface area contributed by atoms with E-state index in [1.165, 1.54) is 0 Å². The Balaban J connectivity index is 2.21. The third kappa shape index (κ3) is 4.53. The maximum atomic E-state index is 11.3. The van der Waals surface area contributed by atoms with E-state index in [9.17, 15) is 9.46 Å². The SMILES string of the molecule is CCOP(=O)(O)CCN1CC[N]CC1. The summed E-state index contributed by atoms with van der Waals surface area (Å²) in [4.78, 5) is 11.5. The molecular weight excluding hydrogens is 203 g/mol. The van der Waals surface area contributed by atoms with Crippen LogP contribution in [0.1, 0.15) is 6.92 Å². The molecule has 0 aromatic rings. The van der Waals surface area contributed by atoms with Crippen molar-refractivity contribution in [3.8, 4) is 0 Å². The predicted octanol–water partition coefficient (Wildman–Crippen LogP) is 0.128. The maximum absolute atomic E-state index is 11.3. The van der Waals surface area contributed by atoms with Crippen molar-refractivity contribution in [2.45, 2.75) is 6.92 Å². The van der Waals surface area contributed by atoms with Crippen LogP contribution in [0.25, 0.3) is 0 Å². The monoisotopic (exact) mass is 221 g/mol. The lowest BCUT2D eigenvalue weighted by Crippen LogP contribution is -2.41. The van der Waals surface area contributed by atoms with Crippen LogP contribution in [0.4, 0.5) is 0 Å². The highest BCUT2D eigenvalue weighted by atomic mass is 31.2. The summed E-state index contributed by atoms with van der Waals surface area (Å²) in [6.45, 7) is 6.11. The first-order valence-electron chi connectivity index (χ1n) is 4.96. The van der Waals surface area contributed by atoms with Gasteiger partial charge in [0.05, 0.1) is 12.8 Å². The minimum absolute atomic E-state index is 0.223. The summed E-state index contributed by atoms with van der Waals surface area (Å²) in [6, 6.07) is 0. The molecule has 1 unspecified atom stereocenters. The molecule has 0 saturated carbocycles. The van der Waals surface area contributed by atoms with Crippen LogP contribution >= 0.6 is 7.60 Å². The van der Waals surface area contributed by atoms with Gasteiger partial charge in [0.2, 0.25) is 0 Å². The Morgan fingerprint density at radius 3 is 2.71 bits per heavy atom. The Hall–Kier alpha value is 0.0700. The molecule has 1 rings (SSSR count). The van der Waals surface area contributed by atoms with E-state index in [-0.39, 0.29) is 6.16 Å². The molecule has 14 heavy (non-hydrogen) atoms. The quantitative estimate of drug-likeness (QED) is 0.670. The van der Waals surface area contributed by atoms with E-state index in [4.69, 9.17) is 4.52 Å². The van der Waals surface area contributed by atoms with Crippen LogP contribution in [0, 0.1) is 0 Å². The largest absolute Gasteiger partial charge is 0.329 e. The lowest BCUT2D eigenvalue weighted by molar-refractivity contribution is 0.234. The number of nitrogens with zero attached hydrogens (tertiary/aromatic N) is 2. The first-order chi connectivity index (χ1) is 6.64. The van der Waals surface area contributed by atoms with Crippen molar-refractivity contribution in [3.05, 3.63) is 0 Å². The van der Waals surface area contributed by atoms with Gasteiger partial charge in [0.25, 0.3) is 0 Å². The second kappa shape index (κ2) is 5.83. The van der Waals surface area contributed by atoms with E-state index in [1.54, 1.807) is 6.92 Å². The van der Waals surface area contributed by atoms with Crippen LogP contribution in [0.15, 0.2) is 0 Å². The lowest BCUT2D eigenvalue weighted by atomic mass is 10.4. The molecule has 1 heterocycles. The average Bonchev–Trinajstić information content (AvgIpc) is 2.17. The fourth-order valence-corrected chi connectivity index (χ4v) is 2.47. The maximum Gasteiger partial charge on any atom is 0.329 e. The van der Waals surface area contributed by atoms with Gasteiger partial charge in [-0.05, 0) is 6.92 Å². The highest BCUT2D eigenvalue weighted by Gasteiger charge is 2.20. The first kappa shape index (κ1) is 12.1. The molecule has 1 atom stereocenters. The number of hydrogen-bond donors (Lipinski definition) is 1. The number of piperazine rings is 1. The molecule has 1 aliphatic rings. The van der Waals surface area contributed by atoms with Crippen LogP contribution in [0.5, 0.6) is 0 Å². The van der Waals surface area contributed by atoms with Crippen LogP contribution in [0.3, 0.4) is 0 Å². The molecule has 0 bridgehead atoms. The predicted molar refractivity (Wildman–Crippen MR) is 54.6 cm³/mol. The Morgan fingerprint density at radius 2 is 2.14 bits per heavy atom. The van der Waals surface area contributed by atoms with E-state index >= 15 is 0 Å². The van der Waals surface area contributed by atoms with Gasteiger partial charge < -0.3 is 14.3 Å². The zero-order chi connectivity index (χ0) is 10.4. The summed E-state index contributed by atoms with van der Waals surface area (Å²) in [7, 11) is -3.33. The lowest BCUT2D eigenvalue weighted by Gasteiger charge is -2.26. The highest BCUT2D eigenvalue weighted by molar-refractivity contribution is 7.52. The van der Waals surface area contributed by atoms with Crippen molar-refractivity contribution in [3.63, 3.8) is 0 Å². The van der Waals surface area contributed by atoms with Gasteiger partial charge >= 0.3 is 7.60 Å². The van der Waals surface area contributed by atoms with Crippen molar-refractivity contribution < 1.29 is 14.0 Å². The van der Waals surface area contributed by atoms with Gasteiger partial charge in [-0.2, -0.15) is 0 Å². The van der Waals surface area contributed by atoms with Gasteiger partial charge in [0.15, 0.2) is 0 Å². The molecule has 1 radical (unpaired) electrons. The summed E-state index contributed by atoms with van der Waals surface area (Å²) < 4.78 is 16.1. The topological polar surface area (TPSA) is 63.9 Å². The molecule has 0 amide bonds. The third-order valence-corrected chi connectivity index (χ3v) is 3.61. The summed E-state index contributed by atoms with van der Waals surface area (Å²) in [5, 5.41) is 4.20. The average molecular weight is 221 g/mol. The van der Waals surface area contributed by atoms with Gasteiger partial charge in [0, 0.05) is 32.7 Å². The fourth-order valence-electron chi connectivity index (χ4n) is 1.41. The molecule has 0 aromatic heterocycles. The Bertz CT molecular complexity index is 207. The molecule has 0 spiro atoms. The van der Waals surface area contributed by atoms with Crippen molar-refractivity contribution in [1.29, 1.82) is 0 Å². The van der Waals surface area contributed by atoms with Crippen molar-refractivity contribution in [1.82, 2.24) is 10.2 Å². The summed E-state index contributed by atoms with van der Waals surface area (Å²) >= 11 is 0. The van der Waals surface area contributed by atoms with Gasteiger partial charge in [0.1, 0.15) is 0 Å². The normalized spacial score (nSPS) is 23.3. The van der Waals surface area contributed by atoms with E-state index < -0.39 is 7.60 Å². The minimum Gasteiger partial charge on any atom is -0.324 e. The zero-order valence-corrected chi connectivity index (χ0v) is 9.45. The van der Waals surface area contributed by atoms with Crippen molar-refractivity contribution >= 4 is 7.60 Å². The summed E-state index contributed by atoms with van der Waals surface area (Å²) in [6.07, 6.45) is 0.223. The van der Waals surface area contributed by atoms with Gasteiger partial charge in [-0.3, -0.25) is 4.57 Å². The van der Waals surface area contributed by atoms with Crippen molar-refractivity contribution in [2.24, 2.45) is 0 Å². The third-order valence-electron chi connectivity index (χ3n) is 2.18. The highest BCUT2D eigenvalue weighted by Crippen LogP contribution is 2.41. The minimum atomic E-state index is -3.33. The van der Waals surface area contributed by atoms with E-state index in [0.29, 0.717) is 13.2 Å². The van der Waals surface area contributed by atoms with Gasteiger partial charge in [-0.25, -0.2) is 5.32 Å². The molecule has 6 heteroatoms.